The molecular weight excluding hydrogens is 346 g/mol. The van der Waals surface area contributed by atoms with Gasteiger partial charge in [-0.25, -0.2) is 0 Å². The van der Waals surface area contributed by atoms with E-state index in [1.165, 1.54) is 6.92 Å². The van der Waals surface area contributed by atoms with Crippen molar-refractivity contribution in [1.82, 2.24) is 15.5 Å². The first-order chi connectivity index (χ1) is 13.0. The smallest absolute Gasteiger partial charge is 0.249 e. The predicted octanol–water partition coefficient (Wildman–Crippen LogP) is 4.12. The number of amides is 1. The minimum atomic E-state index is -0.342. The van der Waals surface area contributed by atoms with Gasteiger partial charge in [0.1, 0.15) is 23.3 Å². The minimum absolute atomic E-state index is 0.155. The molecule has 140 valence electrons. The Morgan fingerprint density at radius 2 is 1.67 bits per heavy atom. The van der Waals surface area contributed by atoms with Gasteiger partial charge < -0.3 is 19.3 Å². The van der Waals surface area contributed by atoms with Gasteiger partial charge in [0, 0.05) is 12.5 Å². The average molecular weight is 367 g/mol. The van der Waals surface area contributed by atoms with Gasteiger partial charge in [-0.05, 0) is 62.4 Å². The molecule has 7 heteroatoms. The lowest BCUT2D eigenvalue weighted by atomic mass is 10.2. The highest BCUT2D eigenvalue weighted by molar-refractivity contribution is 5.73. The Labute approximate surface area is 157 Å². The molecule has 0 spiro atoms. The molecule has 0 aliphatic heterocycles. The van der Waals surface area contributed by atoms with E-state index >= 15 is 0 Å². The van der Waals surface area contributed by atoms with E-state index in [4.69, 9.17) is 14.0 Å². The Bertz CT molecular complexity index is 888. The number of aromatic nitrogens is 2. The van der Waals surface area contributed by atoms with E-state index in [2.05, 4.69) is 15.5 Å². The quantitative estimate of drug-likeness (QED) is 0.676. The van der Waals surface area contributed by atoms with Crippen LogP contribution in [0.2, 0.25) is 0 Å². The van der Waals surface area contributed by atoms with Crippen molar-refractivity contribution >= 4 is 5.91 Å². The van der Waals surface area contributed by atoms with Crippen molar-refractivity contribution in [2.45, 2.75) is 26.8 Å². The number of nitrogens with zero attached hydrogens (tertiary/aromatic N) is 2. The maximum absolute atomic E-state index is 11.1. The topological polar surface area (TPSA) is 86.5 Å². The van der Waals surface area contributed by atoms with Crippen molar-refractivity contribution < 1.29 is 18.8 Å². The monoisotopic (exact) mass is 367 g/mol. The fourth-order valence-corrected chi connectivity index (χ4v) is 2.47. The third-order valence-electron chi connectivity index (χ3n) is 3.71. The van der Waals surface area contributed by atoms with Crippen molar-refractivity contribution in [3.8, 4) is 28.6 Å². The van der Waals surface area contributed by atoms with E-state index in [1.807, 2.05) is 55.5 Å². The standard InChI is InChI=1S/C20H21N3O4/c1-4-25-16-9-11-18(12-10-16)26-17-7-5-15(6-8-17)19-22-20(27-23-19)13(2)21-14(3)24/h5-13H,4H2,1-3H3,(H,21,24). The van der Waals surface area contributed by atoms with E-state index in [-0.39, 0.29) is 11.9 Å². The number of hydrogen-bond acceptors (Lipinski definition) is 6. The molecule has 0 bridgehead atoms. The zero-order valence-electron chi connectivity index (χ0n) is 15.4. The molecule has 0 aliphatic carbocycles. The van der Waals surface area contributed by atoms with Gasteiger partial charge in [-0.3, -0.25) is 4.79 Å². The molecule has 0 radical (unpaired) electrons. The lowest BCUT2D eigenvalue weighted by Crippen LogP contribution is -2.23. The van der Waals surface area contributed by atoms with Crippen LogP contribution in [0.25, 0.3) is 11.4 Å². The van der Waals surface area contributed by atoms with Crippen molar-refractivity contribution in [3.63, 3.8) is 0 Å². The third kappa shape index (κ3) is 4.84. The van der Waals surface area contributed by atoms with Gasteiger partial charge in [-0.15, -0.1) is 0 Å². The van der Waals surface area contributed by atoms with Crippen LogP contribution >= 0.6 is 0 Å². The summed E-state index contributed by atoms with van der Waals surface area (Å²) in [5.74, 6) is 2.87. The van der Waals surface area contributed by atoms with Gasteiger partial charge in [0.25, 0.3) is 0 Å². The molecule has 0 saturated heterocycles. The number of benzene rings is 2. The highest BCUT2D eigenvalue weighted by atomic mass is 16.5. The number of hydrogen-bond donors (Lipinski definition) is 1. The van der Waals surface area contributed by atoms with E-state index < -0.39 is 0 Å². The number of ether oxygens (including phenoxy) is 2. The van der Waals surface area contributed by atoms with Crippen LogP contribution in [0.4, 0.5) is 0 Å². The molecule has 1 heterocycles. The zero-order chi connectivity index (χ0) is 19.2. The Morgan fingerprint density at radius 1 is 1.07 bits per heavy atom. The predicted molar refractivity (Wildman–Crippen MR) is 99.7 cm³/mol. The van der Waals surface area contributed by atoms with Crippen LogP contribution in [-0.4, -0.2) is 22.7 Å². The molecule has 0 fully saturated rings. The summed E-state index contributed by atoms with van der Waals surface area (Å²) in [6.07, 6.45) is 0. The molecule has 0 aliphatic rings. The fraction of sp³-hybridized carbons (Fsp3) is 0.250. The molecular formula is C20H21N3O4. The first-order valence-electron chi connectivity index (χ1n) is 8.67. The average Bonchev–Trinajstić information content (AvgIpc) is 3.14. The minimum Gasteiger partial charge on any atom is -0.494 e. The van der Waals surface area contributed by atoms with Crippen LogP contribution in [0.15, 0.2) is 53.1 Å². The number of carbonyl (C=O) groups excluding carboxylic acids is 1. The van der Waals surface area contributed by atoms with Crippen LogP contribution in [0.3, 0.4) is 0 Å². The SMILES string of the molecule is CCOc1ccc(Oc2ccc(-c3noc(C(C)NC(C)=O)n3)cc2)cc1. The number of rotatable bonds is 7. The van der Waals surface area contributed by atoms with E-state index in [0.29, 0.717) is 24.1 Å². The Balaban J connectivity index is 1.66. The molecule has 3 rings (SSSR count). The van der Waals surface area contributed by atoms with Gasteiger partial charge in [0.05, 0.1) is 6.61 Å². The number of carbonyl (C=O) groups is 1. The van der Waals surface area contributed by atoms with Crippen molar-refractivity contribution in [2.75, 3.05) is 6.61 Å². The first-order valence-corrected chi connectivity index (χ1v) is 8.67. The largest absolute Gasteiger partial charge is 0.494 e. The third-order valence-corrected chi connectivity index (χ3v) is 3.71. The Hall–Kier alpha value is -3.35. The van der Waals surface area contributed by atoms with Crippen LogP contribution in [0.5, 0.6) is 17.2 Å². The van der Waals surface area contributed by atoms with Crippen LogP contribution in [-0.2, 0) is 4.79 Å². The van der Waals surface area contributed by atoms with Gasteiger partial charge in [0.2, 0.25) is 17.6 Å². The van der Waals surface area contributed by atoms with E-state index in [9.17, 15) is 4.79 Å². The molecule has 7 nitrogen and oxygen atoms in total. The van der Waals surface area contributed by atoms with Gasteiger partial charge in [-0.2, -0.15) is 4.98 Å². The fourth-order valence-electron chi connectivity index (χ4n) is 2.47. The maximum atomic E-state index is 11.1. The van der Waals surface area contributed by atoms with Crippen LogP contribution in [0.1, 0.15) is 32.7 Å². The molecule has 1 amide bonds. The van der Waals surface area contributed by atoms with Gasteiger partial charge in [0.15, 0.2) is 0 Å². The summed E-state index contributed by atoms with van der Waals surface area (Å²) in [4.78, 5) is 15.4. The summed E-state index contributed by atoms with van der Waals surface area (Å²) in [5, 5.41) is 6.67. The molecule has 1 atom stereocenters. The van der Waals surface area contributed by atoms with Crippen molar-refractivity contribution in [1.29, 1.82) is 0 Å². The van der Waals surface area contributed by atoms with Crippen molar-refractivity contribution in [3.05, 3.63) is 54.4 Å². The summed E-state index contributed by atoms with van der Waals surface area (Å²) in [7, 11) is 0. The summed E-state index contributed by atoms with van der Waals surface area (Å²) in [6.45, 7) is 5.80. The van der Waals surface area contributed by atoms with Crippen molar-refractivity contribution in [2.24, 2.45) is 0 Å². The summed E-state index contributed by atoms with van der Waals surface area (Å²) >= 11 is 0. The van der Waals surface area contributed by atoms with Crippen LogP contribution < -0.4 is 14.8 Å². The molecule has 1 unspecified atom stereocenters. The van der Waals surface area contributed by atoms with Gasteiger partial charge in [-0.1, -0.05) is 5.16 Å². The summed E-state index contributed by atoms with van der Waals surface area (Å²) < 4.78 is 16.5. The molecule has 3 aromatic rings. The highest BCUT2D eigenvalue weighted by Crippen LogP contribution is 2.26. The second-order valence-corrected chi connectivity index (χ2v) is 5.91. The lowest BCUT2D eigenvalue weighted by molar-refractivity contribution is -0.119. The normalized spacial score (nSPS) is 11.7. The molecule has 2 aromatic carbocycles. The van der Waals surface area contributed by atoms with Gasteiger partial charge >= 0.3 is 0 Å². The Kier molecular flexibility index (Phi) is 5.71. The molecule has 1 N–H and O–H groups in total. The molecule has 27 heavy (non-hydrogen) atoms. The first kappa shape index (κ1) is 18.4. The zero-order valence-corrected chi connectivity index (χ0v) is 15.4. The van der Waals surface area contributed by atoms with E-state index in [1.54, 1.807) is 6.92 Å². The number of nitrogens with one attached hydrogen (secondary N) is 1. The molecule has 1 aromatic heterocycles. The summed E-state index contributed by atoms with van der Waals surface area (Å²) in [6, 6.07) is 14.5. The lowest BCUT2D eigenvalue weighted by Gasteiger charge is -2.07. The summed E-state index contributed by atoms with van der Waals surface area (Å²) in [5.41, 5.74) is 0.791. The second kappa shape index (κ2) is 8.35. The van der Waals surface area contributed by atoms with E-state index in [0.717, 1.165) is 17.1 Å². The highest BCUT2D eigenvalue weighted by Gasteiger charge is 2.16. The van der Waals surface area contributed by atoms with Crippen LogP contribution in [0, 0.1) is 0 Å². The maximum Gasteiger partial charge on any atom is 0.249 e. The second-order valence-electron chi connectivity index (χ2n) is 5.91. The Morgan fingerprint density at radius 3 is 2.26 bits per heavy atom. The molecule has 0 saturated carbocycles.